The molecule has 0 heterocycles. The topological polar surface area (TPSA) is 130 Å². The van der Waals surface area contributed by atoms with Gasteiger partial charge in [-0.05, 0) is 43.0 Å². The molecule has 3 atom stereocenters. The van der Waals surface area contributed by atoms with Crippen LogP contribution < -0.4 is 10.5 Å². The third kappa shape index (κ3) is 5.82. The van der Waals surface area contributed by atoms with E-state index >= 15 is 0 Å². The SMILES string of the molecule is COc1cccc(C(CN)[C@@H]2CCCC[C@@H]2O)c1.O=C(O)C(=O)O. The summed E-state index contributed by atoms with van der Waals surface area (Å²) in [6.45, 7) is 0.578. The Morgan fingerprint density at radius 3 is 2.38 bits per heavy atom. The highest BCUT2D eigenvalue weighted by molar-refractivity contribution is 6.27. The number of aliphatic hydroxyl groups is 1. The summed E-state index contributed by atoms with van der Waals surface area (Å²) in [7, 11) is 1.67. The van der Waals surface area contributed by atoms with Gasteiger partial charge in [-0.1, -0.05) is 25.0 Å². The summed E-state index contributed by atoms with van der Waals surface area (Å²) in [5.41, 5.74) is 7.12. The Morgan fingerprint density at radius 2 is 1.88 bits per heavy atom. The molecule has 0 aromatic heterocycles. The zero-order valence-electron chi connectivity index (χ0n) is 13.7. The summed E-state index contributed by atoms with van der Waals surface area (Å²) in [6.07, 6.45) is 4.10. The third-order valence-corrected chi connectivity index (χ3v) is 4.26. The molecular weight excluding hydrogens is 314 g/mol. The van der Waals surface area contributed by atoms with Crippen molar-refractivity contribution in [2.75, 3.05) is 13.7 Å². The van der Waals surface area contributed by atoms with E-state index in [-0.39, 0.29) is 17.9 Å². The van der Waals surface area contributed by atoms with Crippen molar-refractivity contribution in [3.8, 4) is 5.75 Å². The lowest BCUT2D eigenvalue weighted by Gasteiger charge is -2.34. The molecule has 0 radical (unpaired) electrons. The summed E-state index contributed by atoms with van der Waals surface area (Å²) < 4.78 is 5.26. The number of hydrogen-bond acceptors (Lipinski definition) is 5. The van der Waals surface area contributed by atoms with Crippen molar-refractivity contribution in [2.24, 2.45) is 11.7 Å². The second-order valence-electron chi connectivity index (χ2n) is 5.74. The van der Waals surface area contributed by atoms with Crippen LogP contribution in [0.15, 0.2) is 24.3 Å². The number of carbonyl (C=O) groups is 2. The summed E-state index contributed by atoms with van der Waals surface area (Å²) >= 11 is 0. The van der Waals surface area contributed by atoms with Crippen LogP contribution in [0.4, 0.5) is 0 Å². The molecule has 24 heavy (non-hydrogen) atoms. The monoisotopic (exact) mass is 339 g/mol. The Labute approximate surface area is 141 Å². The van der Waals surface area contributed by atoms with E-state index < -0.39 is 11.9 Å². The lowest BCUT2D eigenvalue weighted by molar-refractivity contribution is -0.159. The maximum atomic E-state index is 10.2. The fourth-order valence-corrected chi connectivity index (χ4v) is 3.04. The molecule has 0 spiro atoms. The van der Waals surface area contributed by atoms with Gasteiger partial charge in [0.05, 0.1) is 13.2 Å². The number of hydrogen-bond donors (Lipinski definition) is 4. The van der Waals surface area contributed by atoms with Crippen LogP contribution >= 0.6 is 0 Å². The van der Waals surface area contributed by atoms with Crippen molar-refractivity contribution in [1.29, 1.82) is 0 Å². The van der Waals surface area contributed by atoms with E-state index in [4.69, 9.17) is 30.3 Å². The van der Waals surface area contributed by atoms with Gasteiger partial charge in [0.2, 0.25) is 0 Å². The molecule has 1 aromatic rings. The van der Waals surface area contributed by atoms with Gasteiger partial charge in [0.1, 0.15) is 5.75 Å². The van der Waals surface area contributed by atoms with Crippen LogP contribution in [-0.2, 0) is 9.59 Å². The zero-order valence-corrected chi connectivity index (χ0v) is 13.7. The number of ether oxygens (including phenoxy) is 1. The molecule has 2 rings (SSSR count). The van der Waals surface area contributed by atoms with Gasteiger partial charge in [-0.3, -0.25) is 0 Å². The Hall–Kier alpha value is -2.12. The van der Waals surface area contributed by atoms with Gasteiger partial charge >= 0.3 is 11.9 Å². The second-order valence-corrected chi connectivity index (χ2v) is 5.74. The minimum Gasteiger partial charge on any atom is -0.497 e. The average molecular weight is 339 g/mol. The van der Waals surface area contributed by atoms with Crippen molar-refractivity contribution in [1.82, 2.24) is 0 Å². The normalized spacial score (nSPS) is 21.1. The van der Waals surface area contributed by atoms with Gasteiger partial charge in [-0.25, -0.2) is 9.59 Å². The summed E-state index contributed by atoms with van der Waals surface area (Å²) in [5.74, 6) is -2.27. The van der Waals surface area contributed by atoms with E-state index in [0.29, 0.717) is 6.54 Å². The first-order chi connectivity index (χ1) is 11.4. The van der Waals surface area contributed by atoms with Crippen LogP contribution in [0.2, 0.25) is 0 Å². The van der Waals surface area contributed by atoms with Gasteiger partial charge in [-0.2, -0.15) is 0 Å². The number of carboxylic acids is 2. The minimum absolute atomic E-state index is 0.210. The number of aliphatic carboxylic acids is 2. The first-order valence-corrected chi connectivity index (χ1v) is 7.89. The fraction of sp³-hybridized carbons (Fsp3) is 0.529. The van der Waals surface area contributed by atoms with Gasteiger partial charge in [0.15, 0.2) is 0 Å². The molecule has 7 heteroatoms. The highest BCUT2D eigenvalue weighted by Gasteiger charge is 2.30. The largest absolute Gasteiger partial charge is 0.497 e. The van der Waals surface area contributed by atoms with E-state index in [9.17, 15) is 5.11 Å². The zero-order chi connectivity index (χ0) is 18.1. The number of aliphatic hydroxyl groups excluding tert-OH is 1. The van der Waals surface area contributed by atoms with Crippen molar-refractivity contribution in [3.63, 3.8) is 0 Å². The quantitative estimate of drug-likeness (QED) is 0.611. The van der Waals surface area contributed by atoms with Gasteiger partial charge in [-0.15, -0.1) is 0 Å². The van der Waals surface area contributed by atoms with Gasteiger partial charge in [0, 0.05) is 5.92 Å². The molecule has 7 nitrogen and oxygen atoms in total. The Balaban J connectivity index is 0.000000413. The molecule has 0 saturated heterocycles. The van der Waals surface area contributed by atoms with Crippen LogP contribution in [0.25, 0.3) is 0 Å². The summed E-state index contributed by atoms with van der Waals surface area (Å²) in [4.78, 5) is 18.2. The predicted octanol–water partition coefficient (Wildman–Crippen LogP) is 1.44. The number of nitrogens with two attached hydrogens (primary N) is 1. The van der Waals surface area contributed by atoms with E-state index in [0.717, 1.165) is 25.0 Å². The molecule has 134 valence electrons. The van der Waals surface area contributed by atoms with Crippen LogP contribution in [0.3, 0.4) is 0 Å². The molecule has 0 amide bonds. The van der Waals surface area contributed by atoms with E-state index in [1.807, 2.05) is 18.2 Å². The molecule has 1 aliphatic carbocycles. The van der Waals surface area contributed by atoms with Crippen LogP contribution in [-0.4, -0.2) is 47.0 Å². The van der Waals surface area contributed by atoms with Crippen LogP contribution in [0, 0.1) is 5.92 Å². The van der Waals surface area contributed by atoms with Crippen molar-refractivity contribution in [2.45, 2.75) is 37.7 Å². The maximum Gasteiger partial charge on any atom is 0.414 e. The molecule has 1 unspecified atom stereocenters. The van der Waals surface area contributed by atoms with Crippen molar-refractivity contribution < 1.29 is 29.6 Å². The maximum absolute atomic E-state index is 10.2. The highest BCUT2D eigenvalue weighted by Crippen LogP contribution is 2.36. The van der Waals surface area contributed by atoms with E-state index in [1.54, 1.807) is 7.11 Å². The second kappa shape index (κ2) is 9.89. The standard InChI is InChI=1S/C15H23NO2.C2H2O4/c1-18-12-6-4-5-11(9-12)14(10-16)13-7-2-3-8-15(13)17;3-1(4)2(5)6/h4-6,9,13-15,17H,2-3,7-8,10,16H2,1H3;(H,3,4)(H,5,6)/t13-,14?,15-;/m0./s1. The lowest BCUT2D eigenvalue weighted by atomic mass is 9.75. The van der Waals surface area contributed by atoms with Crippen LogP contribution in [0.5, 0.6) is 5.75 Å². The van der Waals surface area contributed by atoms with E-state index in [1.165, 1.54) is 12.0 Å². The number of carboxylic acid groups (broad SMARTS) is 2. The fourth-order valence-electron chi connectivity index (χ4n) is 3.04. The predicted molar refractivity (Wildman–Crippen MR) is 88.0 cm³/mol. The number of rotatable bonds is 4. The number of methoxy groups -OCH3 is 1. The Morgan fingerprint density at radius 1 is 1.25 bits per heavy atom. The first kappa shape index (κ1) is 19.9. The molecule has 1 fully saturated rings. The summed E-state index contributed by atoms with van der Waals surface area (Å²) in [5, 5.41) is 25.0. The van der Waals surface area contributed by atoms with E-state index in [2.05, 4.69) is 6.07 Å². The minimum atomic E-state index is -1.82. The molecule has 5 N–H and O–H groups in total. The van der Waals surface area contributed by atoms with Gasteiger partial charge < -0.3 is 25.8 Å². The Kier molecular flexibility index (Phi) is 8.21. The molecular formula is C17H25NO6. The lowest BCUT2D eigenvalue weighted by Crippen LogP contribution is -2.33. The van der Waals surface area contributed by atoms with Crippen molar-refractivity contribution >= 4 is 11.9 Å². The molecule has 1 saturated carbocycles. The smallest absolute Gasteiger partial charge is 0.414 e. The first-order valence-electron chi connectivity index (χ1n) is 7.89. The third-order valence-electron chi connectivity index (χ3n) is 4.26. The Bertz CT molecular complexity index is 536. The highest BCUT2D eigenvalue weighted by atomic mass is 16.5. The summed E-state index contributed by atoms with van der Waals surface area (Å²) in [6, 6.07) is 8.06. The number of benzene rings is 1. The molecule has 0 aliphatic heterocycles. The van der Waals surface area contributed by atoms with Crippen molar-refractivity contribution in [3.05, 3.63) is 29.8 Å². The molecule has 1 aromatic carbocycles. The molecule has 0 bridgehead atoms. The van der Waals surface area contributed by atoms with Crippen LogP contribution in [0.1, 0.15) is 37.2 Å². The average Bonchev–Trinajstić information content (AvgIpc) is 2.58. The molecule has 1 aliphatic rings. The van der Waals surface area contributed by atoms with Gasteiger partial charge in [0.25, 0.3) is 0 Å².